The number of hydrogen-bond donors (Lipinski definition) is 2. The minimum Gasteiger partial charge on any atom is -0.480 e. The van der Waals surface area contributed by atoms with Gasteiger partial charge in [0.1, 0.15) is 15.9 Å². The zero-order valence-electron chi connectivity index (χ0n) is 11.3. The SMILES string of the molecule is CN(Cc1nc2ccsc2c(=O)[nH]1)C(=O)C1(C(=O)O)CC1. The number of fused-ring (bicyclic) bond motifs is 1. The first-order valence-electron chi connectivity index (χ1n) is 6.39. The molecule has 21 heavy (non-hydrogen) atoms. The zero-order chi connectivity index (χ0) is 15.2. The minimum absolute atomic E-state index is 0.0783. The summed E-state index contributed by atoms with van der Waals surface area (Å²) in [6.45, 7) is 0.0783. The van der Waals surface area contributed by atoms with E-state index in [0.29, 0.717) is 28.9 Å². The third-order valence-corrected chi connectivity index (χ3v) is 4.57. The van der Waals surface area contributed by atoms with Gasteiger partial charge in [-0.25, -0.2) is 4.98 Å². The van der Waals surface area contributed by atoms with Crippen molar-refractivity contribution >= 4 is 33.4 Å². The van der Waals surface area contributed by atoms with E-state index in [0.717, 1.165) is 0 Å². The van der Waals surface area contributed by atoms with Crippen LogP contribution in [-0.2, 0) is 16.1 Å². The molecule has 8 heteroatoms. The summed E-state index contributed by atoms with van der Waals surface area (Å²) in [5, 5.41) is 10.9. The number of carboxylic acids is 1. The first-order chi connectivity index (χ1) is 9.94. The van der Waals surface area contributed by atoms with Crippen LogP contribution in [0, 0.1) is 5.41 Å². The highest BCUT2D eigenvalue weighted by atomic mass is 32.1. The molecular formula is C13H13N3O4S. The fraction of sp³-hybridized carbons (Fsp3) is 0.385. The lowest BCUT2D eigenvalue weighted by molar-refractivity contribution is -0.153. The molecule has 3 rings (SSSR count). The lowest BCUT2D eigenvalue weighted by Crippen LogP contribution is -2.38. The van der Waals surface area contributed by atoms with Crippen LogP contribution in [0.3, 0.4) is 0 Å². The second-order valence-corrected chi connectivity index (χ2v) is 6.11. The maximum absolute atomic E-state index is 12.2. The molecule has 1 amide bonds. The van der Waals surface area contributed by atoms with Crippen LogP contribution in [-0.4, -0.2) is 38.9 Å². The molecule has 0 radical (unpaired) electrons. The molecule has 0 aromatic carbocycles. The fourth-order valence-corrected chi connectivity index (χ4v) is 3.03. The largest absolute Gasteiger partial charge is 0.480 e. The number of carboxylic acid groups (broad SMARTS) is 1. The number of amides is 1. The van der Waals surface area contributed by atoms with E-state index in [-0.39, 0.29) is 12.1 Å². The van der Waals surface area contributed by atoms with E-state index in [2.05, 4.69) is 9.97 Å². The third kappa shape index (κ3) is 2.21. The van der Waals surface area contributed by atoms with Crippen LogP contribution < -0.4 is 5.56 Å². The van der Waals surface area contributed by atoms with E-state index in [1.165, 1.54) is 23.3 Å². The topological polar surface area (TPSA) is 103 Å². The van der Waals surface area contributed by atoms with E-state index in [4.69, 9.17) is 5.11 Å². The Morgan fingerprint density at radius 3 is 2.86 bits per heavy atom. The van der Waals surface area contributed by atoms with Gasteiger partial charge in [-0.05, 0) is 24.3 Å². The summed E-state index contributed by atoms with van der Waals surface area (Å²) < 4.78 is 0.539. The van der Waals surface area contributed by atoms with Crippen LogP contribution in [0.15, 0.2) is 16.2 Å². The lowest BCUT2D eigenvalue weighted by atomic mass is 10.1. The van der Waals surface area contributed by atoms with Crippen molar-refractivity contribution in [2.24, 2.45) is 5.41 Å². The Hall–Kier alpha value is -2.22. The number of H-pyrrole nitrogens is 1. The van der Waals surface area contributed by atoms with Crippen molar-refractivity contribution in [1.82, 2.24) is 14.9 Å². The van der Waals surface area contributed by atoms with E-state index >= 15 is 0 Å². The van der Waals surface area contributed by atoms with Gasteiger partial charge in [0.05, 0.1) is 12.1 Å². The summed E-state index contributed by atoms with van der Waals surface area (Å²) in [7, 11) is 1.52. The van der Waals surface area contributed by atoms with E-state index in [9.17, 15) is 14.4 Å². The molecule has 2 N–H and O–H groups in total. The van der Waals surface area contributed by atoms with E-state index in [1.807, 2.05) is 0 Å². The molecule has 1 saturated carbocycles. The molecule has 0 unspecified atom stereocenters. The Labute approximate surface area is 123 Å². The molecule has 1 aliphatic carbocycles. The Kier molecular flexibility index (Phi) is 3.05. The smallest absolute Gasteiger partial charge is 0.319 e. The van der Waals surface area contributed by atoms with Gasteiger partial charge in [0.25, 0.3) is 5.56 Å². The van der Waals surface area contributed by atoms with Gasteiger partial charge < -0.3 is 15.0 Å². The molecule has 0 spiro atoms. The summed E-state index contributed by atoms with van der Waals surface area (Å²) in [6.07, 6.45) is 0.720. The van der Waals surface area contributed by atoms with Gasteiger partial charge in [0.2, 0.25) is 5.91 Å². The van der Waals surface area contributed by atoms with Gasteiger partial charge in [-0.1, -0.05) is 0 Å². The predicted molar refractivity (Wildman–Crippen MR) is 76.0 cm³/mol. The molecule has 2 aromatic rings. The number of hydrogen-bond acceptors (Lipinski definition) is 5. The van der Waals surface area contributed by atoms with Crippen LogP contribution in [0.5, 0.6) is 0 Å². The predicted octanol–water partition coefficient (Wildman–Crippen LogP) is 0.808. The maximum Gasteiger partial charge on any atom is 0.319 e. The molecule has 0 bridgehead atoms. The molecule has 0 aliphatic heterocycles. The number of aromatic nitrogens is 2. The summed E-state index contributed by atoms with van der Waals surface area (Å²) >= 11 is 1.30. The number of nitrogens with zero attached hydrogens (tertiary/aromatic N) is 2. The molecular weight excluding hydrogens is 294 g/mol. The van der Waals surface area contributed by atoms with Gasteiger partial charge in [0.15, 0.2) is 0 Å². The van der Waals surface area contributed by atoms with E-state index in [1.54, 1.807) is 11.4 Å². The van der Waals surface area contributed by atoms with Crippen molar-refractivity contribution < 1.29 is 14.7 Å². The molecule has 7 nitrogen and oxygen atoms in total. The lowest BCUT2D eigenvalue weighted by Gasteiger charge is -2.20. The molecule has 110 valence electrons. The highest BCUT2D eigenvalue weighted by Gasteiger charge is 2.58. The van der Waals surface area contributed by atoms with Crippen molar-refractivity contribution in [3.63, 3.8) is 0 Å². The Bertz CT molecular complexity index is 790. The van der Waals surface area contributed by atoms with Crippen LogP contribution >= 0.6 is 11.3 Å². The highest BCUT2D eigenvalue weighted by Crippen LogP contribution is 2.47. The monoisotopic (exact) mass is 307 g/mol. The highest BCUT2D eigenvalue weighted by molar-refractivity contribution is 7.17. The number of aromatic amines is 1. The molecule has 2 aromatic heterocycles. The molecule has 0 atom stereocenters. The van der Waals surface area contributed by atoms with Crippen LogP contribution in [0.4, 0.5) is 0 Å². The third-order valence-electron chi connectivity index (χ3n) is 3.67. The summed E-state index contributed by atoms with van der Waals surface area (Å²) in [4.78, 5) is 43.4. The van der Waals surface area contributed by atoms with Gasteiger partial charge in [-0.3, -0.25) is 14.4 Å². The maximum atomic E-state index is 12.2. The Morgan fingerprint density at radius 1 is 1.52 bits per heavy atom. The zero-order valence-corrected chi connectivity index (χ0v) is 12.1. The second-order valence-electron chi connectivity index (χ2n) is 5.20. The average molecular weight is 307 g/mol. The number of carbonyl (C=O) groups is 2. The van der Waals surface area contributed by atoms with Crippen LogP contribution in [0.1, 0.15) is 18.7 Å². The van der Waals surface area contributed by atoms with Crippen molar-refractivity contribution in [3.05, 3.63) is 27.6 Å². The van der Waals surface area contributed by atoms with Gasteiger partial charge >= 0.3 is 5.97 Å². The molecule has 0 saturated heterocycles. The van der Waals surface area contributed by atoms with Crippen LogP contribution in [0.2, 0.25) is 0 Å². The fourth-order valence-electron chi connectivity index (χ4n) is 2.30. The minimum atomic E-state index is -1.28. The summed E-state index contributed by atoms with van der Waals surface area (Å²) in [5.74, 6) is -1.18. The number of aliphatic carboxylic acids is 1. The quantitative estimate of drug-likeness (QED) is 0.813. The van der Waals surface area contributed by atoms with Crippen molar-refractivity contribution in [3.8, 4) is 0 Å². The van der Waals surface area contributed by atoms with Gasteiger partial charge in [-0.15, -0.1) is 11.3 Å². The Morgan fingerprint density at radius 2 is 2.24 bits per heavy atom. The number of nitrogens with one attached hydrogen (secondary N) is 1. The molecule has 1 aliphatic rings. The first-order valence-corrected chi connectivity index (χ1v) is 7.27. The van der Waals surface area contributed by atoms with Gasteiger partial charge in [0, 0.05) is 7.05 Å². The standard InChI is InChI=1S/C13H13N3O4S/c1-16(11(18)13(3-4-13)12(19)20)6-8-14-7-2-5-21-9(7)10(17)15-8/h2,5H,3-4,6H2,1H3,(H,19,20)(H,14,15,17). The normalized spacial score (nSPS) is 15.9. The van der Waals surface area contributed by atoms with Crippen molar-refractivity contribution in [1.29, 1.82) is 0 Å². The van der Waals surface area contributed by atoms with Crippen molar-refractivity contribution in [2.75, 3.05) is 7.05 Å². The molecule has 2 heterocycles. The summed E-state index contributed by atoms with van der Waals surface area (Å²) in [5.41, 5.74) is -0.939. The van der Waals surface area contributed by atoms with E-state index < -0.39 is 17.3 Å². The number of carbonyl (C=O) groups excluding carboxylic acids is 1. The Balaban J connectivity index is 1.83. The first kappa shape index (κ1) is 13.7. The number of rotatable bonds is 4. The summed E-state index contributed by atoms with van der Waals surface area (Å²) in [6, 6.07) is 1.74. The second kappa shape index (κ2) is 4.66. The average Bonchev–Trinajstić information content (AvgIpc) is 3.11. The van der Waals surface area contributed by atoms with Crippen LogP contribution in [0.25, 0.3) is 10.2 Å². The van der Waals surface area contributed by atoms with Crippen molar-refractivity contribution in [2.45, 2.75) is 19.4 Å². The van der Waals surface area contributed by atoms with Gasteiger partial charge in [-0.2, -0.15) is 0 Å². The molecule has 1 fully saturated rings. The number of thiophene rings is 1.